The topological polar surface area (TPSA) is 29.1 Å². The van der Waals surface area contributed by atoms with E-state index in [4.69, 9.17) is 0 Å². The van der Waals surface area contributed by atoms with Crippen LogP contribution in [-0.2, 0) is 4.79 Å². The van der Waals surface area contributed by atoms with Crippen LogP contribution < -0.4 is 5.32 Å². The Balaban J connectivity index is 1.61. The first-order chi connectivity index (χ1) is 28.8. The Labute approximate surface area is 365 Å². The van der Waals surface area contributed by atoms with Crippen molar-refractivity contribution in [3.8, 4) is 0 Å². The van der Waals surface area contributed by atoms with Crippen molar-refractivity contribution in [1.82, 2.24) is 0 Å². The third kappa shape index (κ3) is 44.2. The predicted molar refractivity (Wildman–Crippen MR) is 262 cm³/mol. The molecule has 0 aromatic heterocycles. The number of amides is 1. The van der Waals surface area contributed by atoms with E-state index in [-0.39, 0.29) is 5.91 Å². The molecule has 1 N–H and O–H groups in total. The maximum absolute atomic E-state index is 12.0. The zero-order chi connectivity index (χ0) is 41.3. The second kappa shape index (κ2) is 48.4. The summed E-state index contributed by atoms with van der Waals surface area (Å²) in [6, 6.07) is 9.80. The van der Waals surface area contributed by atoms with Gasteiger partial charge in [-0.15, -0.1) is 0 Å². The van der Waals surface area contributed by atoms with Crippen molar-refractivity contribution in [3.05, 3.63) is 30.3 Å². The second-order valence-corrected chi connectivity index (χ2v) is 18.9. The molecular formula is C56H105NO. The zero-order valence-electron chi connectivity index (χ0n) is 39.7. The molecule has 1 rings (SSSR count). The number of para-hydroxylation sites is 1. The average Bonchev–Trinajstić information content (AvgIpc) is 3.23. The SMILES string of the molecule is CCCCCCCCCCCCCCCCCCCCCCCCCCCCCCCCCCCCCCCCCCCCCCCCCC(=O)Nc1ccccc1. The van der Waals surface area contributed by atoms with Crippen molar-refractivity contribution in [2.75, 3.05) is 5.32 Å². The van der Waals surface area contributed by atoms with Gasteiger partial charge in [-0.05, 0) is 18.6 Å². The molecule has 58 heavy (non-hydrogen) atoms. The van der Waals surface area contributed by atoms with Gasteiger partial charge in [-0.3, -0.25) is 4.79 Å². The summed E-state index contributed by atoms with van der Waals surface area (Å²) in [5.41, 5.74) is 0.907. The molecule has 0 atom stereocenters. The lowest BCUT2D eigenvalue weighted by Crippen LogP contribution is -2.10. The first-order valence-corrected chi connectivity index (χ1v) is 27.2. The minimum atomic E-state index is 0.151. The third-order valence-electron chi connectivity index (χ3n) is 13.1. The lowest BCUT2D eigenvalue weighted by atomic mass is 10.0. The molecular weight excluding hydrogens is 703 g/mol. The molecule has 1 aromatic rings. The third-order valence-corrected chi connectivity index (χ3v) is 13.1. The van der Waals surface area contributed by atoms with E-state index in [1.165, 1.54) is 295 Å². The van der Waals surface area contributed by atoms with E-state index < -0.39 is 0 Å². The van der Waals surface area contributed by atoms with Crippen LogP contribution in [0.15, 0.2) is 30.3 Å². The highest BCUT2D eigenvalue weighted by Crippen LogP contribution is 2.19. The Bertz CT molecular complexity index is 897. The van der Waals surface area contributed by atoms with Gasteiger partial charge in [-0.1, -0.05) is 320 Å². The van der Waals surface area contributed by atoms with Crippen LogP contribution in [0.3, 0.4) is 0 Å². The minimum absolute atomic E-state index is 0.151. The van der Waals surface area contributed by atoms with E-state index in [1.807, 2.05) is 30.3 Å². The lowest BCUT2D eigenvalue weighted by molar-refractivity contribution is -0.116. The Hall–Kier alpha value is -1.31. The number of nitrogens with one attached hydrogen (secondary N) is 1. The van der Waals surface area contributed by atoms with E-state index >= 15 is 0 Å². The normalized spacial score (nSPS) is 11.5. The summed E-state index contributed by atoms with van der Waals surface area (Å²) in [5, 5.41) is 2.99. The van der Waals surface area contributed by atoms with Crippen LogP contribution in [0.2, 0.25) is 0 Å². The van der Waals surface area contributed by atoms with E-state index in [0.29, 0.717) is 6.42 Å². The summed E-state index contributed by atoms with van der Waals surface area (Å²) in [6.07, 6.45) is 68.7. The van der Waals surface area contributed by atoms with Gasteiger partial charge in [0.2, 0.25) is 5.91 Å². The van der Waals surface area contributed by atoms with Gasteiger partial charge in [-0.2, -0.15) is 0 Å². The van der Waals surface area contributed by atoms with Crippen LogP contribution in [-0.4, -0.2) is 5.91 Å². The fourth-order valence-corrected chi connectivity index (χ4v) is 9.06. The monoisotopic (exact) mass is 808 g/mol. The van der Waals surface area contributed by atoms with E-state index in [2.05, 4.69) is 12.2 Å². The summed E-state index contributed by atoms with van der Waals surface area (Å²) < 4.78 is 0. The smallest absolute Gasteiger partial charge is 0.224 e. The van der Waals surface area contributed by atoms with Crippen LogP contribution in [0.4, 0.5) is 5.69 Å². The van der Waals surface area contributed by atoms with Gasteiger partial charge in [0.05, 0.1) is 0 Å². The Morgan fingerprint density at radius 1 is 0.293 bits per heavy atom. The van der Waals surface area contributed by atoms with E-state index in [0.717, 1.165) is 12.1 Å². The fourth-order valence-electron chi connectivity index (χ4n) is 9.06. The highest BCUT2D eigenvalue weighted by atomic mass is 16.1. The first kappa shape index (κ1) is 54.7. The number of anilines is 1. The quantitative estimate of drug-likeness (QED) is 0.0653. The second-order valence-electron chi connectivity index (χ2n) is 18.9. The Morgan fingerprint density at radius 2 is 0.483 bits per heavy atom. The van der Waals surface area contributed by atoms with Gasteiger partial charge < -0.3 is 5.32 Å². The van der Waals surface area contributed by atoms with Crippen LogP contribution >= 0.6 is 0 Å². The number of rotatable bonds is 49. The zero-order valence-corrected chi connectivity index (χ0v) is 39.7. The van der Waals surface area contributed by atoms with Crippen LogP contribution in [0.25, 0.3) is 0 Å². The Morgan fingerprint density at radius 3 is 0.690 bits per heavy atom. The number of benzene rings is 1. The molecule has 0 fully saturated rings. The molecule has 0 radical (unpaired) electrons. The molecule has 340 valence electrons. The molecule has 0 unspecified atom stereocenters. The van der Waals surface area contributed by atoms with Crippen molar-refractivity contribution < 1.29 is 4.79 Å². The summed E-state index contributed by atoms with van der Waals surface area (Å²) in [5.74, 6) is 0.151. The lowest BCUT2D eigenvalue weighted by Gasteiger charge is -2.05. The van der Waals surface area contributed by atoms with Crippen molar-refractivity contribution >= 4 is 11.6 Å². The summed E-state index contributed by atoms with van der Waals surface area (Å²) in [4.78, 5) is 12.0. The van der Waals surface area contributed by atoms with Crippen molar-refractivity contribution in [2.24, 2.45) is 0 Å². The highest BCUT2D eigenvalue weighted by Gasteiger charge is 2.02. The molecule has 0 saturated carbocycles. The van der Waals surface area contributed by atoms with E-state index in [9.17, 15) is 4.79 Å². The Kier molecular flexibility index (Phi) is 45.6. The number of carbonyl (C=O) groups is 1. The molecule has 0 heterocycles. The van der Waals surface area contributed by atoms with Gasteiger partial charge in [0.25, 0.3) is 0 Å². The summed E-state index contributed by atoms with van der Waals surface area (Å²) in [7, 11) is 0. The number of unbranched alkanes of at least 4 members (excludes halogenated alkanes) is 46. The van der Waals surface area contributed by atoms with Crippen molar-refractivity contribution in [3.63, 3.8) is 0 Å². The number of carbonyl (C=O) groups excluding carboxylic acids is 1. The van der Waals surface area contributed by atoms with Gasteiger partial charge in [-0.25, -0.2) is 0 Å². The molecule has 2 nitrogen and oxygen atoms in total. The molecule has 1 aromatic carbocycles. The van der Waals surface area contributed by atoms with Crippen molar-refractivity contribution in [1.29, 1.82) is 0 Å². The average molecular weight is 808 g/mol. The molecule has 0 saturated heterocycles. The largest absolute Gasteiger partial charge is 0.326 e. The van der Waals surface area contributed by atoms with Gasteiger partial charge in [0, 0.05) is 12.1 Å². The first-order valence-electron chi connectivity index (χ1n) is 27.2. The highest BCUT2D eigenvalue weighted by molar-refractivity contribution is 5.90. The van der Waals surface area contributed by atoms with Crippen LogP contribution in [0, 0.1) is 0 Å². The maximum Gasteiger partial charge on any atom is 0.224 e. The van der Waals surface area contributed by atoms with Gasteiger partial charge in [0.15, 0.2) is 0 Å². The number of hydrogen-bond donors (Lipinski definition) is 1. The predicted octanol–water partition coefficient (Wildman–Crippen LogP) is 20.4. The van der Waals surface area contributed by atoms with Crippen LogP contribution in [0.5, 0.6) is 0 Å². The molecule has 0 aliphatic heterocycles. The summed E-state index contributed by atoms with van der Waals surface area (Å²) >= 11 is 0. The standard InChI is InChI=1S/C56H105NO/c1-2-3-4-5-6-7-8-9-10-11-12-13-14-15-16-17-18-19-20-21-22-23-24-25-26-27-28-29-30-31-32-33-34-35-36-37-38-39-40-41-42-43-44-45-46-47-51-54-56(58)57-55-52-49-48-50-53-55/h48-50,52-53H,2-47,51,54H2,1H3,(H,57,58). The number of hydrogen-bond acceptors (Lipinski definition) is 1. The minimum Gasteiger partial charge on any atom is -0.326 e. The molecule has 2 heteroatoms. The molecule has 0 aliphatic carbocycles. The van der Waals surface area contributed by atoms with Crippen molar-refractivity contribution in [2.45, 2.75) is 315 Å². The molecule has 1 amide bonds. The van der Waals surface area contributed by atoms with Crippen LogP contribution in [0.1, 0.15) is 315 Å². The summed E-state index contributed by atoms with van der Waals surface area (Å²) in [6.45, 7) is 2.31. The van der Waals surface area contributed by atoms with Gasteiger partial charge in [0.1, 0.15) is 0 Å². The molecule has 0 aliphatic rings. The van der Waals surface area contributed by atoms with Gasteiger partial charge >= 0.3 is 0 Å². The fraction of sp³-hybridized carbons (Fsp3) is 0.875. The molecule has 0 bridgehead atoms. The maximum atomic E-state index is 12.0. The van der Waals surface area contributed by atoms with E-state index in [1.54, 1.807) is 0 Å². The molecule has 0 spiro atoms.